The lowest BCUT2D eigenvalue weighted by molar-refractivity contribution is -0.145. The highest BCUT2D eigenvalue weighted by Gasteiger charge is 2.49. The van der Waals surface area contributed by atoms with E-state index in [0.717, 1.165) is 32.1 Å². The van der Waals surface area contributed by atoms with Crippen LogP contribution in [0.5, 0.6) is 0 Å². The van der Waals surface area contributed by atoms with Gasteiger partial charge in [0.15, 0.2) is 0 Å². The topological polar surface area (TPSA) is 236 Å². The van der Waals surface area contributed by atoms with Crippen LogP contribution in [0.15, 0.2) is 35.4 Å². The standard InChI is InChI=1S/C37H52N8O9S2/c1-36(2,51)30-22-39-42-45(30)26-21-29(34(49)41-37(31(46)32(38)47)12-18-55-19-13-37)44(23-26)35(50)28(20-24-6-4-3-5-7-24)40-33(48)25-8-10-27(11-9-25)56(52,53)43-14-16-54-17-15-43/h8-11,22,24,26,28-29,51H,3-7,12-21,23H2,1-2H3,(H2,38,47)(H,40,48)(H,41,49)/t26-,28+,29-/m0/s1. The van der Waals surface area contributed by atoms with Gasteiger partial charge in [-0.2, -0.15) is 16.1 Å². The average molecular weight is 817 g/mol. The number of nitrogens with one attached hydrogen (secondary N) is 2. The Morgan fingerprint density at radius 1 is 1.05 bits per heavy atom. The number of aromatic nitrogens is 3. The first kappa shape index (κ1) is 41.7. The Morgan fingerprint density at radius 3 is 2.34 bits per heavy atom. The van der Waals surface area contributed by atoms with E-state index in [1.807, 2.05) is 0 Å². The van der Waals surface area contributed by atoms with E-state index < -0.39 is 68.7 Å². The maximum atomic E-state index is 14.9. The van der Waals surface area contributed by atoms with Gasteiger partial charge in [0, 0.05) is 31.6 Å². The highest BCUT2D eigenvalue weighted by molar-refractivity contribution is 7.99. The number of morpholine rings is 1. The van der Waals surface area contributed by atoms with Crippen molar-refractivity contribution >= 4 is 51.2 Å². The van der Waals surface area contributed by atoms with Crippen LogP contribution in [0, 0.1) is 5.92 Å². The summed E-state index contributed by atoms with van der Waals surface area (Å²) < 4.78 is 34.5. The Bertz CT molecular complexity index is 1880. The number of carbonyl (C=O) groups excluding carboxylic acids is 5. The molecule has 2 aromatic rings. The van der Waals surface area contributed by atoms with Crippen molar-refractivity contribution in [3.05, 3.63) is 41.7 Å². The first-order valence-corrected chi connectivity index (χ1v) is 21.9. The third-order valence-electron chi connectivity index (χ3n) is 11.4. The molecule has 5 N–H and O–H groups in total. The Morgan fingerprint density at radius 2 is 1.71 bits per heavy atom. The number of aliphatic hydroxyl groups is 1. The van der Waals surface area contributed by atoms with Crippen molar-refractivity contribution in [3.8, 4) is 0 Å². The lowest BCUT2D eigenvalue weighted by Crippen LogP contribution is -2.63. The molecular weight excluding hydrogens is 765 g/mol. The van der Waals surface area contributed by atoms with Crippen molar-refractivity contribution in [2.24, 2.45) is 11.7 Å². The summed E-state index contributed by atoms with van der Waals surface area (Å²) >= 11 is 1.59. The van der Waals surface area contributed by atoms with Crippen molar-refractivity contribution in [3.63, 3.8) is 0 Å². The second kappa shape index (κ2) is 17.3. The van der Waals surface area contributed by atoms with E-state index in [0.29, 0.717) is 36.8 Å². The highest BCUT2D eigenvalue weighted by atomic mass is 32.2. The van der Waals surface area contributed by atoms with Crippen LogP contribution in [0.1, 0.15) is 93.7 Å². The molecular formula is C37H52N8O9S2. The SMILES string of the molecule is CC(C)(O)c1cnnn1[C@H]1C[C@@H](C(=O)NC2(C(=O)C(N)=O)CCSCC2)N(C(=O)[C@@H](CC2CCCCC2)NC(=O)c2ccc(S(=O)(=O)N3CCOCC3)cc2)C1. The number of carbonyl (C=O) groups is 5. The van der Waals surface area contributed by atoms with Gasteiger partial charge in [0.2, 0.25) is 27.6 Å². The van der Waals surface area contributed by atoms with Gasteiger partial charge in [-0.25, -0.2) is 13.1 Å². The Labute approximate surface area is 330 Å². The lowest BCUT2D eigenvalue weighted by Gasteiger charge is -2.37. The summed E-state index contributed by atoms with van der Waals surface area (Å²) in [4.78, 5) is 70.0. The number of likely N-dealkylation sites (tertiary alicyclic amines) is 1. The number of nitrogens with two attached hydrogens (primary N) is 1. The minimum atomic E-state index is -3.80. The summed E-state index contributed by atoms with van der Waals surface area (Å²) in [6, 6.07) is 2.74. The summed E-state index contributed by atoms with van der Waals surface area (Å²) in [5.41, 5.74) is 3.10. The quantitative estimate of drug-likeness (QED) is 0.206. The normalized spacial score (nSPS) is 22.9. The van der Waals surface area contributed by atoms with E-state index in [9.17, 15) is 37.5 Å². The second-order valence-electron chi connectivity index (χ2n) is 15.7. The molecule has 1 saturated carbocycles. The molecule has 4 aliphatic rings. The number of ketones is 1. The van der Waals surface area contributed by atoms with Crippen LogP contribution in [0.2, 0.25) is 0 Å². The van der Waals surface area contributed by atoms with Gasteiger partial charge < -0.3 is 31.1 Å². The van der Waals surface area contributed by atoms with Gasteiger partial charge in [-0.3, -0.25) is 24.0 Å². The van der Waals surface area contributed by atoms with Crippen LogP contribution < -0.4 is 16.4 Å². The Hall–Kier alpha value is -3.91. The molecule has 1 aliphatic carbocycles. The summed E-state index contributed by atoms with van der Waals surface area (Å²) in [6.45, 7) is 4.16. The molecule has 3 saturated heterocycles. The predicted octanol–water partition coefficient (Wildman–Crippen LogP) is 0.874. The number of Topliss-reactive ketones (excluding diaryl/α,β-unsaturated/α-hetero) is 1. The first-order valence-electron chi connectivity index (χ1n) is 19.3. The molecule has 0 radical (unpaired) electrons. The van der Waals surface area contributed by atoms with Crippen molar-refractivity contribution in [2.75, 3.05) is 44.4 Å². The first-order chi connectivity index (χ1) is 26.6. The molecule has 306 valence electrons. The zero-order chi connectivity index (χ0) is 40.3. The fraction of sp³-hybridized carbons (Fsp3) is 0.649. The molecule has 56 heavy (non-hydrogen) atoms. The van der Waals surface area contributed by atoms with Crippen LogP contribution >= 0.6 is 11.8 Å². The number of nitrogens with zero attached hydrogens (tertiary/aromatic N) is 5. The third-order valence-corrected chi connectivity index (χ3v) is 14.3. The average Bonchev–Trinajstić information content (AvgIpc) is 3.87. The molecule has 17 nitrogen and oxygen atoms in total. The molecule has 0 bridgehead atoms. The molecule has 1 aromatic heterocycles. The molecule has 4 heterocycles. The number of hydrogen-bond acceptors (Lipinski definition) is 12. The van der Waals surface area contributed by atoms with Gasteiger partial charge in [-0.1, -0.05) is 37.3 Å². The van der Waals surface area contributed by atoms with E-state index in [-0.39, 0.29) is 55.3 Å². The smallest absolute Gasteiger partial charge is 0.287 e. The molecule has 3 aliphatic heterocycles. The molecule has 3 atom stereocenters. The van der Waals surface area contributed by atoms with Gasteiger partial charge in [0.25, 0.3) is 11.8 Å². The number of ether oxygens (including phenoxy) is 1. The lowest BCUT2D eigenvalue weighted by atomic mass is 9.84. The van der Waals surface area contributed by atoms with Crippen LogP contribution in [0.4, 0.5) is 0 Å². The third kappa shape index (κ3) is 9.11. The molecule has 4 fully saturated rings. The summed E-state index contributed by atoms with van der Waals surface area (Å²) in [6.07, 6.45) is 6.92. The fourth-order valence-corrected chi connectivity index (χ4v) is 10.8. The summed E-state index contributed by atoms with van der Waals surface area (Å²) in [5.74, 6) is -2.66. The second-order valence-corrected chi connectivity index (χ2v) is 18.9. The van der Waals surface area contributed by atoms with Crippen LogP contribution in [0.25, 0.3) is 0 Å². The monoisotopic (exact) mass is 816 g/mol. The summed E-state index contributed by atoms with van der Waals surface area (Å²) in [5, 5.41) is 24.9. The number of hydrogen-bond donors (Lipinski definition) is 4. The van der Waals surface area contributed by atoms with Crippen molar-refractivity contribution in [1.29, 1.82) is 0 Å². The van der Waals surface area contributed by atoms with Crippen molar-refractivity contribution in [2.45, 2.75) is 106 Å². The van der Waals surface area contributed by atoms with Crippen LogP contribution in [-0.2, 0) is 39.5 Å². The Kier molecular flexibility index (Phi) is 12.9. The minimum absolute atomic E-state index is 0.0267. The maximum Gasteiger partial charge on any atom is 0.287 e. The Balaban J connectivity index is 1.29. The highest BCUT2D eigenvalue weighted by Crippen LogP contribution is 2.35. The predicted molar refractivity (Wildman–Crippen MR) is 205 cm³/mol. The number of rotatable bonds is 13. The molecule has 6 rings (SSSR count). The van der Waals surface area contributed by atoms with Gasteiger partial charge in [0.05, 0.1) is 36.0 Å². The van der Waals surface area contributed by atoms with Gasteiger partial charge in [0.1, 0.15) is 23.2 Å². The van der Waals surface area contributed by atoms with E-state index >= 15 is 0 Å². The maximum absolute atomic E-state index is 14.9. The van der Waals surface area contributed by atoms with Gasteiger partial charge >= 0.3 is 0 Å². The molecule has 1 aromatic carbocycles. The van der Waals surface area contributed by atoms with Crippen molar-refractivity contribution in [1.82, 2.24) is 34.8 Å². The van der Waals surface area contributed by atoms with E-state index in [1.165, 1.54) is 44.3 Å². The van der Waals surface area contributed by atoms with E-state index in [1.54, 1.807) is 25.6 Å². The number of amides is 4. The van der Waals surface area contributed by atoms with Gasteiger partial charge in [-0.15, -0.1) is 5.10 Å². The molecule has 0 unspecified atom stereocenters. The molecule has 4 amide bonds. The fourth-order valence-electron chi connectivity index (χ4n) is 8.25. The number of sulfonamides is 1. The number of benzene rings is 1. The number of thioether (sulfide) groups is 1. The molecule has 0 spiro atoms. The zero-order valence-corrected chi connectivity index (χ0v) is 33.5. The summed E-state index contributed by atoms with van der Waals surface area (Å²) in [7, 11) is -3.80. The van der Waals surface area contributed by atoms with Crippen LogP contribution in [0.3, 0.4) is 0 Å². The zero-order valence-electron chi connectivity index (χ0n) is 31.9. The number of primary amides is 1. The molecule has 19 heteroatoms. The van der Waals surface area contributed by atoms with E-state index in [2.05, 4.69) is 20.9 Å². The van der Waals surface area contributed by atoms with Crippen LogP contribution in [-0.4, -0.2) is 129 Å². The minimum Gasteiger partial charge on any atom is -0.384 e. The largest absolute Gasteiger partial charge is 0.384 e. The van der Waals surface area contributed by atoms with Gasteiger partial charge in [-0.05, 0) is 74.8 Å². The van der Waals surface area contributed by atoms with Crippen molar-refractivity contribution < 1.29 is 42.2 Å². The van der Waals surface area contributed by atoms with E-state index in [4.69, 9.17) is 10.5 Å².